The molecular weight excluding hydrogens is 268 g/mol. The van der Waals surface area contributed by atoms with Crippen LogP contribution in [0.1, 0.15) is 46.6 Å². The van der Waals surface area contributed by atoms with Crippen LogP contribution < -0.4 is 5.32 Å². The Hall–Kier alpha value is -1.23. The van der Waals surface area contributed by atoms with Gasteiger partial charge >= 0.3 is 0 Å². The van der Waals surface area contributed by atoms with Gasteiger partial charge in [-0.15, -0.1) is 11.3 Å². The molecule has 20 heavy (non-hydrogen) atoms. The number of nitrogens with one attached hydrogen (secondary N) is 1. The topological polar surface area (TPSA) is 45.1 Å². The number of aliphatic hydroxyl groups excluding tert-OH is 1. The van der Waals surface area contributed by atoms with Crippen LogP contribution in [0.3, 0.4) is 0 Å². The van der Waals surface area contributed by atoms with Crippen molar-refractivity contribution in [2.45, 2.75) is 43.9 Å². The van der Waals surface area contributed by atoms with Gasteiger partial charge in [0.25, 0.3) is 0 Å². The first kappa shape index (κ1) is 12.5. The highest BCUT2D eigenvalue weighted by Crippen LogP contribution is 2.41. The molecule has 0 bridgehead atoms. The minimum atomic E-state index is -0.325. The Kier molecular flexibility index (Phi) is 3.10. The second kappa shape index (κ2) is 4.95. The molecule has 1 aromatic carbocycles. The van der Waals surface area contributed by atoms with Gasteiger partial charge in [-0.3, -0.25) is 0 Å². The van der Waals surface area contributed by atoms with Crippen molar-refractivity contribution >= 4 is 11.3 Å². The Morgan fingerprint density at radius 2 is 2.15 bits per heavy atom. The van der Waals surface area contributed by atoms with Crippen molar-refractivity contribution in [3.05, 3.63) is 51.5 Å². The molecule has 4 rings (SSSR count). The zero-order valence-corrected chi connectivity index (χ0v) is 12.1. The average Bonchev–Trinajstić information content (AvgIpc) is 3.11. The van der Waals surface area contributed by atoms with Gasteiger partial charge in [0, 0.05) is 24.3 Å². The summed E-state index contributed by atoms with van der Waals surface area (Å²) in [7, 11) is 0. The second-order valence-electron chi connectivity index (χ2n) is 5.78. The normalized spacial score (nSPS) is 24.9. The van der Waals surface area contributed by atoms with Crippen LogP contribution in [0.4, 0.5) is 0 Å². The number of nitrogens with zero attached hydrogens (tertiary/aromatic N) is 1. The fraction of sp³-hybridized carbons (Fsp3) is 0.438. The van der Waals surface area contributed by atoms with Crippen molar-refractivity contribution in [3.8, 4) is 0 Å². The first-order valence-corrected chi connectivity index (χ1v) is 8.13. The molecule has 2 N–H and O–H groups in total. The molecule has 0 spiro atoms. The van der Waals surface area contributed by atoms with Crippen LogP contribution in [-0.2, 0) is 13.0 Å². The van der Waals surface area contributed by atoms with Crippen molar-refractivity contribution in [1.29, 1.82) is 0 Å². The lowest BCUT2D eigenvalue weighted by Gasteiger charge is -2.17. The number of benzene rings is 1. The number of hydrogen-bond donors (Lipinski definition) is 2. The van der Waals surface area contributed by atoms with Crippen molar-refractivity contribution < 1.29 is 5.11 Å². The summed E-state index contributed by atoms with van der Waals surface area (Å²) in [5.41, 5.74) is 3.60. The van der Waals surface area contributed by atoms with E-state index in [1.54, 1.807) is 11.3 Å². The molecule has 1 saturated carbocycles. The maximum Gasteiger partial charge on any atom is 0.0959 e. The summed E-state index contributed by atoms with van der Waals surface area (Å²) < 4.78 is 0. The maximum atomic E-state index is 10.2. The van der Waals surface area contributed by atoms with Gasteiger partial charge < -0.3 is 10.4 Å². The number of thiazole rings is 1. The van der Waals surface area contributed by atoms with Crippen LogP contribution >= 0.6 is 11.3 Å². The standard InChI is InChI=1S/C16H18N2OS/c19-14-7-11-3-1-2-4-13(11)15(14)17-8-12-9-20-16(18-12)10-5-6-10/h1-4,9-10,14-15,17,19H,5-8H2/t14-,15+/m0/s1. The molecule has 4 heteroatoms. The van der Waals surface area contributed by atoms with Crippen LogP contribution in [-0.4, -0.2) is 16.2 Å². The first-order valence-electron chi connectivity index (χ1n) is 7.25. The summed E-state index contributed by atoms with van der Waals surface area (Å²) in [6, 6.07) is 8.33. The van der Waals surface area contributed by atoms with Crippen LogP contribution in [0, 0.1) is 0 Å². The van der Waals surface area contributed by atoms with E-state index in [4.69, 9.17) is 0 Å². The Bertz CT molecular complexity index is 620. The fourth-order valence-electron chi connectivity index (χ4n) is 2.96. The molecule has 2 aliphatic carbocycles. The largest absolute Gasteiger partial charge is 0.391 e. The third kappa shape index (κ3) is 2.28. The van der Waals surface area contributed by atoms with Gasteiger partial charge in [0.05, 0.1) is 22.8 Å². The van der Waals surface area contributed by atoms with Crippen LogP contribution in [0.2, 0.25) is 0 Å². The Labute approximate surface area is 122 Å². The van der Waals surface area contributed by atoms with Gasteiger partial charge in [0.1, 0.15) is 0 Å². The number of rotatable bonds is 4. The van der Waals surface area contributed by atoms with E-state index in [0.29, 0.717) is 0 Å². The lowest BCUT2D eigenvalue weighted by molar-refractivity contribution is 0.140. The first-order chi connectivity index (χ1) is 9.81. The summed E-state index contributed by atoms with van der Waals surface area (Å²) >= 11 is 1.78. The number of hydrogen-bond acceptors (Lipinski definition) is 4. The van der Waals surface area contributed by atoms with Gasteiger partial charge in [-0.1, -0.05) is 24.3 Å². The van der Waals surface area contributed by atoms with E-state index in [2.05, 4.69) is 27.8 Å². The van der Waals surface area contributed by atoms with E-state index in [0.717, 1.165) is 24.6 Å². The third-order valence-electron chi connectivity index (χ3n) is 4.20. The quantitative estimate of drug-likeness (QED) is 0.908. The highest BCUT2D eigenvalue weighted by atomic mass is 32.1. The second-order valence-corrected chi connectivity index (χ2v) is 6.67. The molecule has 2 aromatic rings. The molecule has 104 valence electrons. The molecule has 0 radical (unpaired) electrons. The lowest BCUT2D eigenvalue weighted by Crippen LogP contribution is -2.28. The van der Waals surface area contributed by atoms with E-state index in [9.17, 15) is 5.11 Å². The summed E-state index contributed by atoms with van der Waals surface area (Å²) in [6.07, 6.45) is 3.02. The average molecular weight is 286 g/mol. The highest BCUT2D eigenvalue weighted by Gasteiger charge is 2.30. The number of aromatic nitrogens is 1. The van der Waals surface area contributed by atoms with Crippen molar-refractivity contribution in [2.24, 2.45) is 0 Å². The molecular formula is C16H18N2OS. The highest BCUT2D eigenvalue weighted by molar-refractivity contribution is 7.09. The van der Waals surface area contributed by atoms with Gasteiger partial charge in [-0.2, -0.15) is 0 Å². The van der Waals surface area contributed by atoms with Crippen LogP contribution in [0.25, 0.3) is 0 Å². The van der Waals surface area contributed by atoms with Crippen molar-refractivity contribution in [1.82, 2.24) is 10.3 Å². The van der Waals surface area contributed by atoms with E-state index < -0.39 is 0 Å². The number of fused-ring (bicyclic) bond motifs is 1. The minimum absolute atomic E-state index is 0.0391. The Morgan fingerprint density at radius 1 is 1.30 bits per heavy atom. The SMILES string of the molecule is O[C@H]1Cc2ccccc2[C@H]1NCc1csc(C2CC2)n1. The Balaban J connectivity index is 1.46. The molecule has 0 saturated heterocycles. The van der Waals surface area contributed by atoms with Gasteiger partial charge in [0.15, 0.2) is 0 Å². The molecule has 1 aromatic heterocycles. The molecule has 3 nitrogen and oxygen atoms in total. The fourth-order valence-corrected chi connectivity index (χ4v) is 3.95. The monoisotopic (exact) mass is 286 g/mol. The maximum absolute atomic E-state index is 10.2. The predicted molar refractivity (Wildman–Crippen MR) is 79.8 cm³/mol. The molecule has 0 amide bonds. The van der Waals surface area contributed by atoms with Gasteiger partial charge in [-0.25, -0.2) is 4.98 Å². The van der Waals surface area contributed by atoms with E-state index in [1.165, 1.54) is 29.0 Å². The molecule has 0 aliphatic heterocycles. The van der Waals surface area contributed by atoms with E-state index in [1.807, 2.05) is 12.1 Å². The molecule has 1 fully saturated rings. The lowest BCUT2D eigenvalue weighted by atomic mass is 10.1. The molecule has 2 atom stereocenters. The van der Waals surface area contributed by atoms with Crippen LogP contribution in [0.15, 0.2) is 29.6 Å². The zero-order valence-electron chi connectivity index (χ0n) is 11.2. The third-order valence-corrected chi connectivity index (χ3v) is 5.26. The zero-order chi connectivity index (χ0) is 13.5. The number of aliphatic hydroxyl groups is 1. The minimum Gasteiger partial charge on any atom is -0.391 e. The van der Waals surface area contributed by atoms with Gasteiger partial charge in [0.2, 0.25) is 0 Å². The van der Waals surface area contributed by atoms with Gasteiger partial charge in [-0.05, 0) is 24.0 Å². The smallest absolute Gasteiger partial charge is 0.0959 e. The Morgan fingerprint density at radius 3 is 3.00 bits per heavy atom. The van der Waals surface area contributed by atoms with Crippen molar-refractivity contribution in [2.75, 3.05) is 0 Å². The molecule has 0 unspecified atom stereocenters. The van der Waals surface area contributed by atoms with E-state index >= 15 is 0 Å². The molecule has 1 heterocycles. The summed E-state index contributed by atoms with van der Waals surface area (Å²) in [4.78, 5) is 4.69. The molecule has 2 aliphatic rings. The summed E-state index contributed by atoms with van der Waals surface area (Å²) in [5.74, 6) is 0.728. The van der Waals surface area contributed by atoms with E-state index in [-0.39, 0.29) is 12.1 Å². The van der Waals surface area contributed by atoms with Crippen LogP contribution in [0.5, 0.6) is 0 Å². The predicted octanol–water partition coefficient (Wildman–Crippen LogP) is 2.77. The summed E-state index contributed by atoms with van der Waals surface area (Å²) in [6.45, 7) is 0.735. The van der Waals surface area contributed by atoms with Crippen molar-refractivity contribution in [3.63, 3.8) is 0 Å². The summed E-state index contributed by atoms with van der Waals surface area (Å²) in [5, 5.41) is 17.1.